The van der Waals surface area contributed by atoms with E-state index >= 15 is 0 Å². The third kappa shape index (κ3) is 4.56. The van der Waals surface area contributed by atoms with E-state index < -0.39 is 16.4 Å². The number of Topliss-reactive ketones (excluding diaryl/α,β-unsaturated/α-hetero) is 1. The van der Waals surface area contributed by atoms with Crippen LogP contribution in [0.15, 0.2) is 69.8 Å². The summed E-state index contributed by atoms with van der Waals surface area (Å²) in [5, 5.41) is 15.1. The number of hydrogen-bond donors (Lipinski definition) is 2. The number of nitrogens with one attached hydrogen (secondary N) is 2. The lowest BCUT2D eigenvalue weighted by Gasteiger charge is -2.38. The number of fused-ring (bicyclic) bond motifs is 1. The van der Waals surface area contributed by atoms with Crippen molar-refractivity contribution in [2.75, 3.05) is 5.32 Å². The highest BCUT2D eigenvalue weighted by molar-refractivity contribution is 7.98. The SMILES string of the molecule is CC1(C)CC(=O)C2=C(C1)Nc1nc(SCc3ccc(F)cc3)[nH]c(=O)c1C2c1cccc([N+](=O)[O-])c1. The van der Waals surface area contributed by atoms with Gasteiger partial charge in [0.05, 0.1) is 10.5 Å². The Morgan fingerprint density at radius 3 is 2.64 bits per heavy atom. The number of nitrogens with zero attached hydrogens (tertiary/aromatic N) is 2. The molecule has 10 heteroatoms. The normalized spacial score (nSPS) is 18.3. The van der Waals surface area contributed by atoms with Crippen LogP contribution < -0.4 is 10.9 Å². The summed E-state index contributed by atoms with van der Waals surface area (Å²) in [5.41, 5.74) is 1.95. The van der Waals surface area contributed by atoms with Crippen LogP contribution in [0.25, 0.3) is 0 Å². The van der Waals surface area contributed by atoms with E-state index in [1.807, 2.05) is 13.8 Å². The molecule has 3 aromatic rings. The van der Waals surface area contributed by atoms with E-state index in [0.29, 0.717) is 46.4 Å². The largest absolute Gasteiger partial charge is 0.343 e. The summed E-state index contributed by atoms with van der Waals surface area (Å²) in [6.45, 7) is 4.01. The molecule has 0 fully saturated rings. The van der Waals surface area contributed by atoms with E-state index in [0.717, 1.165) is 5.56 Å². The van der Waals surface area contributed by atoms with Crippen molar-refractivity contribution in [3.05, 3.63) is 103 Å². The Kier molecular flexibility index (Phi) is 5.99. The molecule has 0 amide bonds. The third-order valence-corrected chi connectivity index (χ3v) is 7.35. The summed E-state index contributed by atoms with van der Waals surface area (Å²) in [6.07, 6.45) is 0.886. The van der Waals surface area contributed by atoms with Gasteiger partial charge in [0.2, 0.25) is 0 Å². The van der Waals surface area contributed by atoms with E-state index in [2.05, 4.69) is 15.3 Å². The maximum atomic E-state index is 13.4. The van der Waals surface area contributed by atoms with E-state index in [-0.39, 0.29) is 28.3 Å². The molecule has 1 aromatic heterocycles. The first-order valence-electron chi connectivity index (χ1n) is 11.4. The lowest BCUT2D eigenvalue weighted by atomic mass is 9.69. The minimum atomic E-state index is -0.771. The van der Waals surface area contributed by atoms with Crippen LogP contribution in [0.1, 0.15) is 49.3 Å². The van der Waals surface area contributed by atoms with Crippen LogP contribution in [-0.2, 0) is 10.5 Å². The van der Waals surface area contributed by atoms with Crippen molar-refractivity contribution in [3.63, 3.8) is 0 Å². The molecular weight excluding hydrogens is 483 g/mol. The number of hydrogen-bond acceptors (Lipinski definition) is 7. The summed E-state index contributed by atoms with van der Waals surface area (Å²) in [7, 11) is 0. The van der Waals surface area contributed by atoms with Gasteiger partial charge in [-0.15, -0.1) is 0 Å². The number of thioether (sulfide) groups is 1. The van der Waals surface area contributed by atoms with Gasteiger partial charge in [-0.1, -0.05) is 49.9 Å². The fourth-order valence-electron chi connectivity index (χ4n) is 4.85. The predicted molar refractivity (Wildman–Crippen MR) is 134 cm³/mol. The highest BCUT2D eigenvalue weighted by Gasteiger charge is 2.42. The summed E-state index contributed by atoms with van der Waals surface area (Å²) in [5.74, 6) is -0.386. The van der Waals surface area contributed by atoms with Crippen LogP contribution in [0, 0.1) is 21.3 Å². The highest BCUT2D eigenvalue weighted by Crippen LogP contribution is 2.48. The number of nitro benzene ring substituents is 1. The van der Waals surface area contributed by atoms with Gasteiger partial charge in [-0.05, 0) is 35.1 Å². The molecule has 5 rings (SSSR count). The number of benzene rings is 2. The number of carbonyl (C=O) groups is 1. The first-order chi connectivity index (χ1) is 17.1. The second-order valence-electron chi connectivity index (χ2n) is 9.79. The summed E-state index contributed by atoms with van der Waals surface area (Å²) >= 11 is 1.30. The first kappa shape index (κ1) is 23.9. The van der Waals surface area contributed by atoms with Gasteiger partial charge in [0, 0.05) is 41.5 Å². The molecule has 2 heterocycles. The summed E-state index contributed by atoms with van der Waals surface area (Å²) < 4.78 is 13.2. The summed E-state index contributed by atoms with van der Waals surface area (Å²) in [4.78, 5) is 45.1. The average molecular weight is 507 g/mol. The molecule has 1 atom stereocenters. The molecular formula is C26H23FN4O4S. The van der Waals surface area contributed by atoms with Gasteiger partial charge in [0.1, 0.15) is 11.6 Å². The number of rotatable bonds is 5. The zero-order valence-corrected chi connectivity index (χ0v) is 20.4. The van der Waals surface area contributed by atoms with Crippen molar-refractivity contribution in [2.45, 2.75) is 43.5 Å². The third-order valence-electron chi connectivity index (χ3n) is 6.40. The van der Waals surface area contributed by atoms with Gasteiger partial charge in [0.15, 0.2) is 10.9 Å². The lowest BCUT2D eigenvalue weighted by molar-refractivity contribution is -0.384. The van der Waals surface area contributed by atoms with Gasteiger partial charge in [-0.2, -0.15) is 0 Å². The first-order valence-corrected chi connectivity index (χ1v) is 12.4. The van der Waals surface area contributed by atoms with Gasteiger partial charge in [0.25, 0.3) is 11.2 Å². The zero-order chi connectivity index (χ0) is 25.6. The molecule has 2 aliphatic rings. The number of H-pyrrole nitrogens is 1. The van der Waals surface area contributed by atoms with E-state index in [9.17, 15) is 24.1 Å². The molecule has 0 spiro atoms. The van der Waals surface area contributed by atoms with E-state index in [1.165, 1.54) is 36.0 Å². The molecule has 184 valence electrons. The Bertz CT molecular complexity index is 1480. The zero-order valence-electron chi connectivity index (χ0n) is 19.6. The fourth-order valence-corrected chi connectivity index (χ4v) is 5.66. The molecule has 1 unspecified atom stereocenters. The predicted octanol–water partition coefficient (Wildman–Crippen LogP) is 5.31. The van der Waals surface area contributed by atoms with Crippen molar-refractivity contribution in [3.8, 4) is 0 Å². The van der Waals surface area contributed by atoms with Crippen LogP contribution in [0.3, 0.4) is 0 Å². The Morgan fingerprint density at radius 2 is 1.92 bits per heavy atom. The van der Waals surface area contributed by atoms with Crippen LogP contribution in [0.4, 0.5) is 15.9 Å². The molecule has 2 aromatic carbocycles. The number of non-ortho nitro benzene ring substituents is 1. The molecule has 0 saturated carbocycles. The number of nitro groups is 1. The number of allylic oxidation sites excluding steroid dienone is 2. The number of aromatic nitrogens is 2. The molecule has 0 saturated heterocycles. The van der Waals surface area contributed by atoms with Crippen molar-refractivity contribution in [1.29, 1.82) is 0 Å². The second kappa shape index (κ2) is 9.02. The van der Waals surface area contributed by atoms with Crippen LogP contribution in [-0.4, -0.2) is 20.7 Å². The molecule has 0 radical (unpaired) electrons. The maximum Gasteiger partial charge on any atom is 0.269 e. The molecule has 1 aliphatic carbocycles. The number of aromatic amines is 1. The number of halogens is 1. The standard InChI is InChI=1S/C26H23FN4O4S/c1-26(2)11-18-21(19(32)12-26)20(15-4-3-5-17(10-15)31(34)35)22-23(28-18)29-25(30-24(22)33)36-13-14-6-8-16(27)9-7-14/h3-10,20H,11-13H2,1-2H3,(H2,28,29,30,33). The van der Waals surface area contributed by atoms with Gasteiger partial charge >= 0.3 is 0 Å². The van der Waals surface area contributed by atoms with Crippen molar-refractivity contribution in [2.24, 2.45) is 5.41 Å². The maximum absolute atomic E-state index is 13.4. The van der Waals surface area contributed by atoms with Crippen LogP contribution in [0.5, 0.6) is 0 Å². The minimum Gasteiger partial charge on any atom is -0.343 e. The summed E-state index contributed by atoms with van der Waals surface area (Å²) in [6, 6.07) is 12.1. The van der Waals surface area contributed by atoms with Gasteiger partial charge in [-0.3, -0.25) is 19.7 Å². The van der Waals surface area contributed by atoms with Crippen LogP contribution in [0.2, 0.25) is 0 Å². The molecule has 2 N–H and O–H groups in total. The van der Waals surface area contributed by atoms with Gasteiger partial charge in [-0.25, -0.2) is 9.37 Å². The highest BCUT2D eigenvalue weighted by atomic mass is 32.2. The van der Waals surface area contributed by atoms with E-state index in [4.69, 9.17) is 0 Å². The molecule has 36 heavy (non-hydrogen) atoms. The van der Waals surface area contributed by atoms with Crippen LogP contribution >= 0.6 is 11.8 Å². The van der Waals surface area contributed by atoms with Crippen molar-refractivity contribution in [1.82, 2.24) is 9.97 Å². The van der Waals surface area contributed by atoms with Crippen molar-refractivity contribution < 1.29 is 14.1 Å². The Balaban J connectivity index is 1.60. The van der Waals surface area contributed by atoms with E-state index in [1.54, 1.807) is 24.3 Å². The molecule has 8 nitrogen and oxygen atoms in total. The van der Waals surface area contributed by atoms with Crippen molar-refractivity contribution >= 4 is 29.1 Å². The number of anilines is 1. The number of ketones is 1. The monoisotopic (exact) mass is 506 g/mol. The Hall–Kier alpha value is -3.79. The number of carbonyl (C=O) groups excluding carboxylic acids is 1. The van der Waals surface area contributed by atoms with Gasteiger partial charge < -0.3 is 10.3 Å². The fraction of sp³-hybridized carbons (Fsp3) is 0.269. The molecule has 1 aliphatic heterocycles. The Morgan fingerprint density at radius 1 is 1.17 bits per heavy atom. The second-order valence-corrected chi connectivity index (χ2v) is 10.8. The quantitative estimate of drug-likeness (QED) is 0.208. The smallest absolute Gasteiger partial charge is 0.269 e. The topological polar surface area (TPSA) is 118 Å². The average Bonchev–Trinajstić information content (AvgIpc) is 2.81. The Labute approximate surface area is 210 Å². The minimum absolute atomic E-state index is 0.0925. The lowest BCUT2D eigenvalue weighted by Crippen LogP contribution is -2.37. The molecule has 0 bridgehead atoms.